The molecule has 0 radical (unpaired) electrons. The van der Waals surface area contributed by atoms with Gasteiger partial charge in [-0.1, -0.05) is 78.0 Å². The SMILES string of the molecule is Cc1ccc(Cl)cc1NC(=O)CSc1nc(-c2ccccc2)[nH]c1S(=O)(=O)c1ccccc1. The molecule has 0 unspecified atom stereocenters. The molecule has 6 nitrogen and oxygen atoms in total. The first kappa shape index (κ1) is 23.1. The van der Waals surface area contributed by atoms with Crippen molar-refractivity contribution in [1.29, 1.82) is 0 Å². The number of benzene rings is 3. The summed E-state index contributed by atoms with van der Waals surface area (Å²) in [6.45, 7) is 1.86. The lowest BCUT2D eigenvalue weighted by Crippen LogP contribution is -2.15. The molecule has 0 bridgehead atoms. The molecule has 0 atom stereocenters. The van der Waals surface area contributed by atoms with Gasteiger partial charge in [0, 0.05) is 16.3 Å². The number of nitrogens with one attached hydrogen (secondary N) is 2. The van der Waals surface area contributed by atoms with Crippen LogP contribution in [0.15, 0.2) is 93.8 Å². The molecule has 168 valence electrons. The minimum absolute atomic E-state index is 0.0255. The van der Waals surface area contributed by atoms with E-state index in [9.17, 15) is 13.2 Å². The molecule has 1 aromatic heterocycles. The summed E-state index contributed by atoms with van der Waals surface area (Å²) < 4.78 is 26.6. The van der Waals surface area contributed by atoms with Crippen molar-refractivity contribution in [3.63, 3.8) is 0 Å². The van der Waals surface area contributed by atoms with Gasteiger partial charge in [-0.2, -0.15) is 0 Å². The molecule has 0 saturated carbocycles. The first-order chi connectivity index (χ1) is 15.8. The van der Waals surface area contributed by atoms with E-state index in [1.54, 1.807) is 30.3 Å². The number of aromatic nitrogens is 2. The van der Waals surface area contributed by atoms with E-state index in [2.05, 4.69) is 15.3 Å². The van der Waals surface area contributed by atoms with Gasteiger partial charge in [-0.15, -0.1) is 0 Å². The Morgan fingerprint density at radius 1 is 1.03 bits per heavy atom. The smallest absolute Gasteiger partial charge is 0.234 e. The van der Waals surface area contributed by atoms with Crippen LogP contribution < -0.4 is 5.32 Å². The summed E-state index contributed by atoms with van der Waals surface area (Å²) in [6, 6.07) is 22.6. The third kappa shape index (κ3) is 5.30. The standard InChI is InChI=1S/C24H20ClN3O3S2/c1-16-12-13-18(25)14-20(16)26-21(29)15-32-23-24(33(30,31)19-10-6-3-7-11-19)28-22(27-23)17-8-4-2-5-9-17/h2-14H,15H2,1H3,(H,26,29)(H,27,28). The van der Waals surface area contributed by atoms with Crippen LogP contribution in [0.2, 0.25) is 5.02 Å². The number of thioether (sulfide) groups is 1. The second-order valence-corrected chi connectivity index (χ2v) is 10.5. The van der Waals surface area contributed by atoms with Gasteiger partial charge >= 0.3 is 0 Å². The van der Waals surface area contributed by atoms with Gasteiger partial charge in [0.25, 0.3) is 0 Å². The molecule has 0 aliphatic rings. The minimum atomic E-state index is -3.86. The molecule has 1 heterocycles. The fourth-order valence-electron chi connectivity index (χ4n) is 3.12. The summed E-state index contributed by atoms with van der Waals surface area (Å²) in [5, 5.41) is 3.53. The number of halogens is 1. The lowest BCUT2D eigenvalue weighted by molar-refractivity contribution is -0.113. The largest absolute Gasteiger partial charge is 0.328 e. The van der Waals surface area contributed by atoms with Crippen LogP contribution in [0.3, 0.4) is 0 Å². The highest BCUT2D eigenvalue weighted by molar-refractivity contribution is 8.00. The van der Waals surface area contributed by atoms with Crippen LogP contribution in [-0.4, -0.2) is 30.0 Å². The van der Waals surface area contributed by atoms with Crippen LogP contribution in [0.1, 0.15) is 5.56 Å². The Bertz CT molecular complexity index is 1390. The van der Waals surface area contributed by atoms with Crippen molar-refractivity contribution in [1.82, 2.24) is 9.97 Å². The van der Waals surface area contributed by atoms with E-state index >= 15 is 0 Å². The number of rotatable bonds is 7. The first-order valence-corrected chi connectivity index (χ1v) is 12.8. The van der Waals surface area contributed by atoms with Crippen LogP contribution in [-0.2, 0) is 14.6 Å². The van der Waals surface area contributed by atoms with E-state index in [1.807, 2.05) is 43.3 Å². The Morgan fingerprint density at radius 3 is 2.39 bits per heavy atom. The molecule has 4 rings (SSSR count). The number of imidazole rings is 1. The molecule has 9 heteroatoms. The predicted octanol–water partition coefficient (Wildman–Crippen LogP) is 5.60. The van der Waals surface area contributed by atoms with Crippen molar-refractivity contribution in [2.45, 2.75) is 21.9 Å². The number of carbonyl (C=O) groups is 1. The quantitative estimate of drug-likeness (QED) is 0.324. The number of hydrogen-bond acceptors (Lipinski definition) is 5. The highest BCUT2D eigenvalue weighted by Gasteiger charge is 2.26. The maximum Gasteiger partial charge on any atom is 0.234 e. The van der Waals surface area contributed by atoms with Gasteiger partial charge in [-0.3, -0.25) is 4.79 Å². The van der Waals surface area contributed by atoms with Gasteiger partial charge in [0.2, 0.25) is 15.7 Å². The average molecular weight is 498 g/mol. The van der Waals surface area contributed by atoms with Crippen LogP contribution in [0.4, 0.5) is 5.69 Å². The van der Waals surface area contributed by atoms with Crippen LogP contribution in [0.5, 0.6) is 0 Å². The third-order valence-electron chi connectivity index (χ3n) is 4.82. The van der Waals surface area contributed by atoms with Crippen molar-refractivity contribution >= 4 is 44.8 Å². The average Bonchev–Trinajstić information content (AvgIpc) is 3.27. The molecular weight excluding hydrogens is 478 g/mol. The molecule has 0 fully saturated rings. The maximum absolute atomic E-state index is 13.3. The van der Waals surface area contributed by atoms with Gasteiger partial charge in [0.1, 0.15) is 10.9 Å². The number of hydrogen-bond donors (Lipinski definition) is 2. The molecular formula is C24H20ClN3O3S2. The van der Waals surface area contributed by atoms with Gasteiger partial charge in [0.15, 0.2) is 5.03 Å². The fraction of sp³-hybridized carbons (Fsp3) is 0.0833. The zero-order chi connectivity index (χ0) is 23.4. The van der Waals surface area contributed by atoms with Gasteiger partial charge < -0.3 is 10.3 Å². The number of nitrogens with zero attached hydrogens (tertiary/aromatic N) is 1. The highest BCUT2D eigenvalue weighted by Crippen LogP contribution is 2.32. The topological polar surface area (TPSA) is 91.9 Å². The number of anilines is 1. The third-order valence-corrected chi connectivity index (χ3v) is 7.89. The number of aryl methyl sites for hydroxylation is 1. The zero-order valence-corrected chi connectivity index (χ0v) is 20.0. The summed E-state index contributed by atoms with van der Waals surface area (Å²) in [7, 11) is -3.86. The molecule has 0 aliphatic carbocycles. The van der Waals surface area contributed by atoms with Crippen molar-refractivity contribution in [2.24, 2.45) is 0 Å². The molecule has 1 amide bonds. The van der Waals surface area contributed by atoms with Crippen LogP contribution in [0, 0.1) is 6.92 Å². The Hall–Kier alpha value is -3.07. The molecule has 4 aromatic rings. The number of carbonyl (C=O) groups excluding carboxylic acids is 1. The van der Waals surface area contributed by atoms with E-state index in [-0.39, 0.29) is 26.6 Å². The predicted molar refractivity (Wildman–Crippen MR) is 131 cm³/mol. The second kappa shape index (κ2) is 9.82. The van der Waals surface area contributed by atoms with Gasteiger partial charge in [-0.25, -0.2) is 13.4 Å². The summed E-state index contributed by atoms with van der Waals surface area (Å²) in [5.41, 5.74) is 2.22. The van der Waals surface area contributed by atoms with E-state index in [1.165, 1.54) is 12.1 Å². The Kier molecular flexibility index (Phi) is 6.88. The summed E-state index contributed by atoms with van der Waals surface area (Å²) >= 11 is 7.08. The molecule has 0 aliphatic heterocycles. The van der Waals surface area contributed by atoms with E-state index < -0.39 is 9.84 Å². The number of sulfone groups is 1. The summed E-state index contributed by atoms with van der Waals surface area (Å²) in [4.78, 5) is 20.2. The van der Waals surface area contributed by atoms with E-state index in [0.717, 1.165) is 22.9 Å². The van der Waals surface area contributed by atoms with Crippen molar-refractivity contribution in [3.05, 3.63) is 89.4 Å². The summed E-state index contributed by atoms with van der Waals surface area (Å²) in [5.74, 6) is 0.0962. The number of amides is 1. The first-order valence-electron chi connectivity index (χ1n) is 9.99. The number of aromatic amines is 1. The normalized spacial score (nSPS) is 11.3. The molecule has 2 N–H and O–H groups in total. The fourth-order valence-corrected chi connectivity index (χ4v) is 5.73. The van der Waals surface area contributed by atoms with Crippen LogP contribution in [0.25, 0.3) is 11.4 Å². The highest BCUT2D eigenvalue weighted by atomic mass is 35.5. The molecule has 3 aromatic carbocycles. The Balaban J connectivity index is 1.63. The maximum atomic E-state index is 13.3. The van der Waals surface area contributed by atoms with Crippen LogP contribution >= 0.6 is 23.4 Å². The van der Waals surface area contributed by atoms with Crippen molar-refractivity contribution in [3.8, 4) is 11.4 Å². The zero-order valence-electron chi connectivity index (χ0n) is 17.6. The molecule has 33 heavy (non-hydrogen) atoms. The molecule has 0 spiro atoms. The summed E-state index contributed by atoms with van der Waals surface area (Å²) in [6.07, 6.45) is 0. The van der Waals surface area contributed by atoms with Gasteiger partial charge in [0.05, 0.1) is 10.6 Å². The molecule has 0 saturated heterocycles. The lowest BCUT2D eigenvalue weighted by atomic mass is 10.2. The minimum Gasteiger partial charge on any atom is -0.328 e. The van der Waals surface area contributed by atoms with E-state index in [0.29, 0.717) is 16.5 Å². The number of H-pyrrole nitrogens is 1. The van der Waals surface area contributed by atoms with Crippen molar-refractivity contribution in [2.75, 3.05) is 11.1 Å². The van der Waals surface area contributed by atoms with Gasteiger partial charge in [-0.05, 0) is 36.8 Å². The monoisotopic (exact) mass is 497 g/mol. The lowest BCUT2D eigenvalue weighted by Gasteiger charge is -2.09. The van der Waals surface area contributed by atoms with Crippen molar-refractivity contribution < 1.29 is 13.2 Å². The Labute approximate surface area is 201 Å². The van der Waals surface area contributed by atoms with E-state index in [4.69, 9.17) is 11.6 Å². The Morgan fingerprint density at radius 2 is 1.70 bits per heavy atom. The second-order valence-electron chi connectivity index (χ2n) is 7.20.